The third-order valence-electron chi connectivity index (χ3n) is 6.15. The maximum atomic E-state index is 13.4. The number of esters is 1. The van der Waals surface area contributed by atoms with Gasteiger partial charge in [0.15, 0.2) is 12.2 Å². The molecule has 1 fully saturated rings. The van der Waals surface area contributed by atoms with Crippen molar-refractivity contribution in [3.05, 3.63) is 69.7 Å². The van der Waals surface area contributed by atoms with Crippen molar-refractivity contribution >= 4 is 71.4 Å². The van der Waals surface area contributed by atoms with E-state index in [1.54, 1.807) is 76.2 Å². The SMILES string of the molecule is CC(C)[C@H](N)C(=O)N[C@H](C(=O)OCN1C(=O)N(Cc2ccc(Cl)cc2)SC1NC(=O)c1ccc(Cl)cc1)C(C)C.Cl. The number of urea groups is 1. The molecular formula is C27H34Cl3N5O5S. The molecule has 1 saturated heterocycles. The van der Waals surface area contributed by atoms with Crippen LogP contribution in [0, 0.1) is 11.8 Å². The Morgan fingerprint density at radius 3 is 2.07 bits per heavy atom. The van der Waals surface area contributed by atoms with Crippen molar-refractivity contribution in [1.82, 2.24) is 19.8 Å². The normalized spacial score (nSPS) is 16.3. The van der Waals surface area contributed by atoms with Gasteiger partial charge in [0, 0.05) is 27.6 Å². The number of carbonyl (C=O) groups is 4. The first-order chi connectivity index (χ1) is 18.9. The second kappa shape index (κ2) is 15.5. The molecule has 0 bridgehead atoms. The highest BCUT2D eigenvalue weighted by Gasteiger charge is 2.41. The lowest BCUT2D eigenvalue weighted by Gasteiger charge is -2.26. The van der Waals surface area contributed by atoms with Gasteiger partial charge in [-0.25, -0.2) is 9.59 Å². The number of nitrogens with one attached hydrogen (secondary N) is 2. The summed E-state index contributed by atoms with van der Waals surface area (Å²) in [5, 5.41) is 6.49. The zero-order chi connectivity index (χ0) is 29.6. The van der Waals surface area contributed by atoms with Crippen molar-refractivity contribution < 1.29 is 23.9 Å². The van der Waals surface area contributed by atoms with Crippen LogP contribution in [0.15, 0.2) is 48.5 Å². The van der Waals surface area contributed by atoms with Crippen molar-refractivity contribution in [2.24, 2.45) is 17.6 Å². The molecule has 0 spiro atoms. The lowest BCUT2D eigenvalue weighted by molar-refractivity contribution is -0.153. The molecule has 10 nitrogen and oxygen atoms in total. The van der Waals surface area contributed by atoms with Crippen LogP contribution < -0.4 is 16.4 Å². The van der Waals surface area contributed by atoms with Gasteiger partial charge in [-0.15, -0.1) is 12.4 Å². The summed E-state index contributed by atoms with van der Waals surface area (Å²) in [6.45, 7) is 6.88. The maximum Gasteiger partial charge on any atom is 0.335 e. The zero-order valence-electron chi connectivity index (χ0n) is 23.0. The molecule has 3 rings (SSSR count). The number of nitrogens with two attached hydrogens (primary N) is 1. The summed E-state index contributed by atoms with van der Waals surface area (Å²) in [5.41, 5.74) is 6.21. The minimum atomic E-state index is -0.977. The summed E-state index contributed by atoms with van der Waals surface area (Å²) in [5.74, 6) is -2.07. The quantitative estimate of drug-likeness (QED) is 0.239. The number of amides is 4. The highest BCUT2D eigenvalue weighted by Crippen LogP contribution is 2.32. The summed E-state index contributed by atoms with van der Waals surface area (Å²) in [6.07, 6.45) is 0. The Kier molecular flexibility index (Phi) is 13.0. The van der Waals surface area contributed by atoms with Gasteiger partial charge in [-0.05, 0) is 53.8 Å². The minimum absolute atomic E-state index is 0. The van der Waals surface area contributed by atoms with E-state index in [0.717, 1.165) is 17.5 Å². The summed E-state index contributed by atoms with van der Waals surface area (Å²) in [6, 6.07) is 11.1. The van der Waals surface area contributed by atoms with E-state index in [1.165, 1.54) is 9.21 Å². The monoisotopic (exact) mass is 645 g/mol. The molecule has 3 atom stereocenters. The molecule has 2 aromatic rings. The van der Waals surface area contributed by atoms with Crippen molar-refractivity contribution in [2.45, 2.75) is 51.8 Å². The minimum Gasteiger partial charge on any atom is -0.442 e. The Hall–Kier alpha value is -2.70. The number of carbonyl (C=O) groups excluding carboxylic acids is 4. The predicted octanol–water partition coefficient (Wildman–Crippen LogP) is 4.64. The number of hydrogen-bond acceptors (Lipinski definition) is 7. The summed E-state index contributed by atoms with van der Waals surface area (Å²) in [7, 11) is 0. The molecule has 1 heterocycles. The van der Waals surface area contributed by atoms with E-state index in [1.807, 2.05) is 0 Å². The number of halogens is 3. The first kappa shape index (κ1) is 34.5. The molecule has 2 aromatic carbocycles. The van der Waals surface area contributed by atoms with Crippen molar-refractivity contribution in [3.8, 4) is 0 Å². The molecule has 224 valence electrons. The van der Waals surface area contributed by atoms with E-state index in [4.69, 9.17) is 33.7 Å². The van der Waals surface area contributed by atoms with E-state index in [0.29, 0.717) is 15.6 Å². The molecule has 41 heavy (non-hydrogen) atoms. The van der Waals surface area contributed by atoms with Crippen molar-refractivity contribution in [1.29, 1.82) is 0 Å². The van der Waals surface area contributed by atoms with Gasteiger partial charge in [0.2, 0.25) is 5.91 Å². The molecule has 0 saturated carbocycles. The predicted molar refractivity (Wildman–Crippen MR) is 162 cm³/mol. The van der Waals surface area contributed by atoms with Gasteiger partial charge in [0.1, 0.15) is 6.04 Å². The van der Waals surface area contributed by atoms with Gasteiger partial charge < -0.3 is 21.1 Å². The smallest absolute Gasteiger partial charge is 0.335 e. The maximum absolute atomic E-state index is 13.4. The molecule has 1 aliphatic rings. The largest absolute Gasteiger partial charge is 0.442 e. The first-order valence-corrected chi connectivity index (χ1v) is 14.2. The molecule has 1 unspecified atom stereocenters. The van der Waals surface area contributed by atoms with Crippen LogP contribution in [0.1, 0.15) is 43.6 Å². The molecule has 14 heteroatoms. The fourth-order valence-electron chi connectivity index (χ4n) is 3.62. The molecule has 0 aliphatic carbocycles. The Balaban J connectivity index is 0.00000588. The summed E-state index contributed by atoms with van der Waals surface area (Å²) >= 11 is 13.0. The zero-order valence-corrected chi connectivity index (χ0v) is 26.2. The topological polar surface area (TPSA) is 134 Å². The van der Waals surface area contributed by atoms with E-state index < -0.39 is 48.1 Å². The first-order valence-electron chi connectivity index (χ1n) is 12.7. The van der Waals surface area contributed by atoms with Gasteiger partial charge in [-0.3, -0.25) is 18.8 Å². The van der Waals surface area contributed by atoms with Crippen LogP contribution in [0.2, 0.25) is 10.0 Å². The Morgan fingerprint density at radius 1 is 0.976 bits per heavy atom. The Bertz CT molecular complexity index is 1220. The third kappa shape index (κ3) is 9.40. The number of benzene rings is 2. The molecule has 0 aromatic heterocycles. The molecule has 0 radical (unpaired) electrons. The molecule has 4 amide bonds. The second-order valence-corrected chi connectivity index (χ2v) is 11.9. The van der Waals surface area contributed by atoms with Crippen LogP contribution in [-0.4, -0.2) is 57.3 Å². The molecular weight excluding hydrogens is 613 g/mol. The summed E-state index contributed by atoms with van der Waals surface area (Å²) < 4.78 is 6.94. The number of nitrogens with zero attached hydrogens (tertiary/aromatic N) is 2. The lowest BCUT2D eigenvalue weighted by atomic mass is 10.0. The van der Waals surface area contributed by atoms with E-state index in [-0.39, 0.29) is 30.8 Å². The van der Waals surface area contributed by atoms with Crippen LogP contribution in [0.5, 0.6) is 0 Å². The number of rotatable bonds is 11. The lowest BCUT2D eigenvalue weighted by Crippen LogP contribution is -2.53. The second-order valence-electron chi connectivity index (χ2n) is 9.95. The van der Waals surface area contributed by atoms with Gasteiger partial charge in [-0.2, -0.15) is 0 Å². The fourth-order valence-corrected chi connectivity index (χ4v) is 4.96. The van der Waals surface area contributed by atoms with Crippen LogP contribution in [0.4, 0.5) is 4.79 Å². The van der Waals surface area contributed by atoms with Crippen LogP contribution in [-0.2, 0) is 20.9 Å². The molecule has 1 aliphatic heterocycles. The average molecular weight is 647 g/mol. The van der Waals surface area contributed by atoms with Gasteiger partial charge in [0.25, 0.3) is 5.91 Å². The van der Waals surface area contributed by atoms with Gasteiger partial charge in [-0.1, -0.05) is 63.0 Å². The van der Waals surface area contributed by atoms with E-state index >= 15 is 0 Å². The highest BCUT2D eigenvalue weighted by molar-refractivity contribution is 7.98. The summed E-state index contributed by atoms with van der Waals surface area (Å²) in [4.78, 5) is 53.0. The number of hydrogen-bond donors (Lipinski definition) is 3. The van der Waals surface area contributed by atoms with Gasteiger partial charge >= 0.3 is 12.0 Å². The average Bonchev–Trinajstić information content (AvgIpc) is 3.19. The van der Waals surface area contributed by atoms with Crippen molar-refractivity contribution in [2.75, 3.05) is 6.73 Å². The Labute approximate surface area is 260 Å². The van der Waals surface area contributed by atoms with E-state index in [2.05, 4.69) is 10.6 Å². The van der Waals surface area contributed by atoms with Crippen LogP contribution in [0.3, 0.4) is 0 Å². The standard InChI is InChI=1S/C27H33Cl2N5O5S.ClH/c1-15(2)21(30)24(36)31-22(16(3)4)25(37)39-14-33-26(32-23(35)18-7-11-20(29)12-8-18)40-34(27(33)38)13-17-5-9-19(28)10-6-17;/h5-12,15-16,21-22,26H,13-14,30H2,1-4H3,(H,31,36)(H,32,35);1H/t21-,22-,26?;/m0./s1. The van der Waals surface area contributed by atoms with Gasteiger partial charge in [0.05, 0.1) is 12.6 Å². The molecule has 4 N–H and O–H groups in total. The Morgan fingerprint density at radius 2 is 1.54 bits per heavy atom. The van der Waals surface area contributed by atoms with E-state index in [9.17, 15) is 19.2 Å². The van der Waals surface area contributed by atoms with Crippen molar-refractivity contribution in [3.63, 3.8) is 0 Å². The number of ether oxygens (including phenoxy) is 1. The third-order valence-corrected chi connectivity index (χ3v) is 7.77. The van der Waals surface area contributed by atoms with Crippen LogP contribution in [0.25, 0.3) is 0 Å². The van der Waals surface area contributed by atoms with Crippen LogP contribution >= 0.6 is 47.6 Å². The fraction of sp³-hybridized carbons (Fsp3) is 0.407. The highest BCUT2D eigenvalue weighted by atomic mass is 35.5.